The maximum absolute atomic E-state index is 13.8. The number of aromatic nitrogens is 1. The number of para-hydroxylation sites is 1. The summed E-state index contributed by atoms with van der Waals surface area (Å²) in [4.78, 5) is 24.3. The first kappa shape index (κ1) is 17.6. The van der Waals surface area contributed by atoms with E-state index in [0.717, 1.165) is 12.1 Å². The summed E-state index contributed by atoms with van der Waals surface area (Å²) in [5.41, 5.74) is -0.178. The zero-order chi connectivity index (χ0) is 19.7. The van der Waals surface area contributed by atoms with E-state index >= 15 is 0 Å². The van der Waals surface area contributed by atoms with Crippen molar-refractivity contribution in [1.29, 1.82) is 0 Å². The van der Waals surface area contributed by atoms with Crippen LogP contribution in [-0.2, 0) is 6.54 Å². The molecule has 140 valence electrons. The number of hydrogen-bond acceptors (Lipinski definition) is 5. The standard InChI is InChI=1S/C20H12F2N2O4/c21-12-5-6-14(16(22)8-12)18-9-13(24-28-18)10-23-19(25)15-7-11-3-1-2-4-17(11)27-20(15)26/h1-9H,10H2,(H,23,25). The molecule has 8 heteroatoms. The van der Waals surface area contributed by atoms with Crippen LogP contribution in [0.15, 0.2) is 68.3 Å². The van der Waals surface area contributed by atoms with Gasteiger partial charge in [-0.1, -0.05) is 23.4 Å². The van der Waals surface area contributed by atoms with E-state index in [9.17, 15) is 18.4 Å². The lowest BCUT2D eigenvalue weighted by atomic mass is 10.1. The van der Waals surface area contributed by atoms with E-state index in [1.54, 1.807) is 24.3 Å². The van der Waals surface area contributed by atoms with Gasteiger partial charge in [0.1, 0.15) is 28.5 Å². The number of rotatable bonds is 4. The van der Waals surface area contributed by atoms with Crippen molar-refractivity contribution in [2.45, 2.75) is 6.54 Å². The SMILES string of the molecule is O=C(NCc1cc(-c2ccc(F)cc2F)on1)c1cc2ccccc2oc1=O. The maximum atomic E-state index is 13.8. The third-order valence-electron chi connectivity index (χ3n) is 4.07. The summed E-state index contributed by atoms with van der Waals surface area (Å²) < 4.78 is 37.0. The molecule has 2 heterocycles. The highest BCUT2D eigenvalue weighted by molar-refractivity contribution is 5.96. The highest BCUT2D eigenvalue weighted by Gasteiger charge is 2.16. The molecule has 1 amide bonds. The fourth-order valence-electron chi connectivity index (χ4n) is 2.70. The molecule has 0 radical (unpaired) electrons. The van der Waals surface area contributed by atoms with Crippen LogP contribution in [0.2, 0.25) is 0 Å². The van der Waals surface area contributed by atoms with E-state index in [1.807, 2.05) is 0 Å². The van der Waals surface area contributed by atoms with E-state index in [-0.39, 0.29) is 23.4 Å². The molecule has 0 aliphatic rings. The predicted octanol–water partition coefficient (Wildman–Crippen LogP) is 3.66. The van der Waals surface area contributed by atoms with Crippen LogP contribution < -0.4 is 10.9 Å². The Bertz CT molecular complexity index is 1250. The Kier molecular flexibility index (Phi) is 4.44. The molecule has 0 aliphatic heterocycles. The minimum atomic E-state index is -0.791. The number of carbonyl (C=O) groups is 1. The average molecular weight is 382 g/mol. The summed E-state index contributed by atoms with van der Waals surface area (Å²) in [5, 5.41) is 6.89. The first-order valence-electron chi connectivity index (χ1n) is 8.23. The fourth-order valence-corrected chi connectivity index (χ4v) is 2.70. The minimum Gasteiger partial charge on any atom is -0.422 e. The van der Waals surface area contributed by atoms with Gasteiger partial charge in [-0.05, 0) is 24.3 Å². The van der Waals surface area contributed by atoms with Gasteiger partial charge in [0.2, 0.25) is 0 Å². The second-order valence-corrected chi connectivity index (χ2v) is 5.97. The fraction of sp³-hybridized carbons (Fsp3) is 0.0500. The lowest BCUT2D eigenvalue weighted by molar-refractivity contribution is 0.0946. The van der Waals surface area contributed by atoms with Gasteiger partial charge < -0.3 is 14.3 Å². The largest absolute Gasteiger partial charge is 0.422 e. The lowest BCUT2D eigenvalue weighted by Crippen LogP contribution is -2.27. The number of halogens is 2. The van der Waals surface area contributed by atoms with Crippen LogP contribution in [0, 0.1) is 11.6 Å². The van der Waals surface area contributed by atoms with Crippen LogP contribution >= 0.6 is 0 Å². The summed E-state index contributed by atoms with van der Waals surface area (Å²) >= 11 is 0. The molecule has 0 bridgehead atoms. The Morgan fingerprint density at radius 3 is 2.71 bits per heavy atom. The van der Waals surface area contributed by atoms with Crippen molar-refractivity contribution in [3.63, 3.8) is 0 Å². The van der Waals surface area contributed by atoms with Crippen molar-refractivity contribution >= 4 is 16.9 Å². The molecule has 0 saturated heterocycles. The minimum absolute atomic E-state index is 0.0432. The third-order valence-corrected chi connectivity index (χ3v) is 4.07. The number of nitrogens with zero attached hydrogens (tertiary/aromatic N) is 1. The van der Waals surface area contributed by atoms with Gasteiger partial charge in [-0.15, -0.1) is 0 Å². The molecule has 28 heavy (non-hydrogen) atoms. The van der Waals surface area contributed by atoms with Gasteiger partial charge in [-0.25, -0.2) is 13.6 Å². The summed E-state index contributed by atoms with van der Waals surface area (Å²) in [7, 11) is 0. The number of carbonyl (C=O) groups excluding carboxylic acids is 1. The number of hydrogen-bond donors (Lipinski definition) is 1. The maximum Gasteiger partial charge on any atom is 0.349 e. The molecule has 0 unspecified atom stereocenters. The topological polar surface area (TPSA) is 85.3 Å². The molecule has 0 saturated carbocycles. The Morgan fingerprint density at radius 2 is 1.89 bits per heavy atom. The molecule has 0 aliphatic carbocycles. The Hall–Kier alpha value is -3.81. The number of fused-ring (bicyclic) bond motifs is 1. The second kappa shape index (κ2) is 7.07. The molecule has 4 rings (SSSR count). The van der Waals surface area contributed by atoms with Gasteiger partial charge in [0.15, 0.2) is 5.76 Å². The zero-order valence-electron chi connectivity index (χ0n) is 14.2. The second-order valence-electron chi connectivity index (χ2n) is 5.97. The van der Waals surface area contributed by atoms with Crippen molar-refractivity contribution < 1.29 is 22.5 Å². The molecule has 2 aromatic carbocycles. The third kappa shape index (κ3) is 3.39. The van der Waals surface area contributed by atoms with E-state index < -0.39 is 23.2 Å². The smallest absolute Gasteiger partial charge is 0.349 e. The first-order chi connectivity index (χ1) is 13.5. The van der Waals surface area contributed by atoms with Crippen LogP contribution in [0.4, 0.5) is 8.78 Å². The van der Waals surface area contributed by atoms with E-state index in [0.29, 0.717) is 16.7 Å². The van der Waals surface area contributed by atoms with E-state index in [2.05, 4.69) is 10.5 Å². The molecule has 0 spiro atoms. The summed E-state index contributed by atoms with van der Waals surface area (Å²) in [6, 6.07) is 12.7. The monoisotopic (exact) mass is 382 g/mol. The Morgan fingerprint density at radius 1 is 1.07 bits per heavy atom. The highest BCUT2D eigenvalue weighted by Crippen LogP contribution is 2.24. The lowest BCUT2D eigenvalue weighted by Gasteiger charge is -2.03. The first-order valence-corrected chi connectivity index (χ1v) is 8.23. The van der Waals surface area contributed by atoms with Crippen molar-refractivity contribution in [1.82, 2.24) is 10.5 Å². The van der Waals surface area contributed by atoms with Gasteiger partial charge in [0.05, 0.1) is 12.1 Å². The van der Waals surface area contributed by atoms with Crippen molar-refractivity contribution in [3.8, 4) is 11.3 Å². The molecular formula is C20H12F2N2O4. The van der Waals surface area contributed by atoms with Crippen molar-refractivity contribution in [3.05, 3.63) is 87.9 Å². The van der Waals surface area contributed by atoms with Crippen LogP contribution in [0.5, 0.6) is 0 Å². The van der Waals surface area contributed by atoms with E-state index in [1.165, 1.54) is 18.2 Å². The molecule has 2 aromatic heterocycles. The molecule has 0 fully saturated rings. The summed E-state index contributed by atoms with van der Waals surface area (Å²) in [6.45, 7) is -0.0581. The van der Waals surface area contributed by atoms with Gasteiger partial charge in [0, 0.05) is 17.5 Å². The average Bonchev–Trinajstić information content (AvgIpc) is 3.14. The number of nitrogens with one attached hydrogen (secondary N) is 1. The van der Waals surface area contributed by atoms with Gasteiger partial charge in [0.25, 0.3) is 5.91 Å². The molecule has 1 N–H and O–H groups in total. The quantitative estimate of drug-likeness (QED) is 0.545. The van der Waals surface area contributed by atoms with Crippen LogP contribution in [0.25, 0.3) is 22.3 Å². The predicted molar refractivity (Wildman–Crippen MR) is 95.5 cm³/mol. The van der Waals surface area contributed by atoms with Crippen LogP contribution in [0.3, 0.4) is 0 Å². The molecular weight excluding hydrogens is 370 g/mol. The van der Waals surface area contributed by atoms with Gasteiger partial charge in [-0.3, -0.25) is 4.79 Å². The van der Waals surface area contributed by atoms with Crippen LogP contribution in [-0.4, -0.2) is 11.1 Å². The summed E-state index contributed by atoms with van der Waals surface area (Å²) in [5.74, 6) is -2.05. The van der Waals surface area contributed by atoms with Crippen molar-refractivity contribution in [2.24, 2.45) is 0 Å². The zero-order valence-corrected chi connectivity index (χ0v) is 14.2. The number of amides is 1. The molecule has 0 atom stereocenters. The number of benzene rings is 2. The Balaban J connectivity index is 1.51. The molecule has 4 aromatic rings. The normalized spacial score (nSPS) is 10.9. The van der Waals surface area contributed by atoms with Crippen LogP contribution in [0.1, 0.15) is 16.1 Å². The van der Waals surface area contributed by atoms with Crippen molar-refractivity contribution in [2.75, 3.05) is 0 Å². The van der Waals surface area contributed by atoms with Gasteiger partial charge in [-0.2, -0.15) is 0 Å². The highest BCUT2D eigenvalue weighted by atomic mass is 19.1. The van der Waals surface area contributed by atoms with Gasteiger partial charge >= 0.3 is 5.63 Å². The summed E-state index contributed by atoms with van der Waals surface area (Å²) in [6.07, 6.45) is 0. The Labute approximate surface area is 156 Å². The molecule has 6 nitrogen and oxygen atoms in total. The van der Waals surface area contributed by atoms with E-state index in [4.69, 9.17) is 8.94 Å².